The highest BCUT2D eigenvalue weighted by molar-refractivity contribution is 6.06. The number of amides is 2. The Morgan fingerprint density at radius 3 is 2.67 bits per heavy atom. The zero-order valence-electron chi connectivity index (χ0n) is 13.6. The van der Waals surface area contributed by atoms with Crippen molar-refractivity contribution in [3.63, 3.8) is 0 Å². The first kappa shape index (κ1) is 15.1. The molecule has 2 aliphatic rings. The van der Waals surface area contributed by atoms with Gasteiger partial charge in [0, 0.05) is 30.6 Å². The fourth-order valence-electron chi connectivity index (χ4n) is 2.83. The van der Waals surface area contributed by atoms with Gasteiger partial charge in [0.2, 0.25) is 5.91 Å². The molecular weight excluding hydrogens is 308 g/mol. The molecule has 2 aliphatic carbocycles. The smallest absolute Gasteiger partial charge is 0.259 e. The third-order valence-corrected chi connectivity index (χ3v) is 4.54. The monoisotopic (exact) mass is 328 g/mol. The number of fused-ring (bicyclic) bond motifs is 1. The second-order valence-corrected chi connectivity index (χ2v) is 6.64. The molecule has 24 heavy (non-hydrogen) atoms. The zero-order valence-corrected chi connectivity index (χ0v) is 13.6. The predicted octanol–water partition coefficient (Wildman–Crippen LogP) is 1.66. The third kappa shape index (κ3) is 2.98. The lowest BCUT2D eigenvalue weighted by molar-refractivity contribution is -0.122. The van der Waals surface area contributed by atoms with Crippen molar-refractivity contribution in [3.05, 3.63) is 23.0 Å². The van der Waals surface area contributed by atoms with Crippen molar-refractivity contribution in [2.75, 3.05) is 13.1 Å². The maximum Gasteiger partial charge on any atom is 0.259 e. The topological polar surface area (TPSA) is 97.1 Å². The standard InChI is InChI=1S/C17H20N4O3/c1-9-14-12(8-13(10-2-3-10)20-17(14)24-21-9)16(23)19-7-6-18-15(22)11-4-5-11/h8,10-11H,2-7H2,1H3,(H,18,22)(H,19,23). The summed E-state index contributed by atoms with van der Waals surface area (Å²) in [5.74, 6) is 0.503. The molecule has 2 fully saturated rings. The van der Waals surface area contributed by atoms with Gasteiger partial charge in [-0.2, -0.15) is 0 Å². The molecule has 0 aromatic carbocycles. The van der Waals surface area contributed by atoms with Crippen LogP contribution in [0.25, 0.3) is 11.1 Å². The van der Waals surface area contributed by atoms with E-state index in [1.807, 2.05) is 6.07 Å². The average Bonchev–Trinajstić information content (AvgIpc) is 3.47. The summed E-state index contributed by atoms with van der Waals surface area (Å²) < 4.78 is 5.25. The molecule has 126 valence electrons. The lowest BCUT2D eigenvalue weighted by Crippen LogP contribution is -2.35. The Hall–Kier alpha value is -2.44. The van der Waals surface area contributed by atoms with Gasteiger partial charge in [-0.05, 0) is 38.7 Å². The second-order valence-electron chi connectivity index (χ2n) is 6.64. The van der Waals surface area contributed by atoms with Gasteiger partial charge in [-0.3, -0.25) is 9.59 Å². The Kier molecular flexibility index (Phi) is 3.70. The SMILES string of the molecule is Cc1noc2nc(C3CC3)cc(C(=O)NCCNC(=O)C3CC3)c12. The van der Waals surface area contributed by atoms with E-state index in [0.717, 1.165) is 31.4 Å². The van der Waals surface area contributed by atoms with E-state index in [1.54, 1.807) is 6.92 Å². The van der Waals surface area contributed by atoms with Crippen molar-refractivity contribution in [2.24, 2.45) is 5.92 Å². The van der Waals surface area contributed by atoms with Crippen molar-refractivity contribution in [2.45, 2.75) is 38.5 Å². The summed E-state index contributed by atoms with van der Waals surface area (Å²) in [7, 11) is 0. The number of hydrogen-bond acceptors (Lipinski definition) is 5. The largest absolute Gasteiger partial charge is 0.354 e. The van der Waals surface area contributed by atoms with Crippen LogP contribution in [0.1, 0.15) is 53.3 Å². The third-order valence-electron chi connectivity index (χ3n) is 4.54. The fraction of sp³-hybridized carbons (Fsp3) is 0.529. The van der Waals surface area contributed by atoms with E-state index < -0.39 is 0 Å². The fourth-order valence-corrected chi connectivity index (χ4v) is 2.83. The number of aryl methyl sites for hydroxylation is 1. The Labute approximate surface area is 139 Å². The van der Waals surface area contributed by atoms with E-state index in [0.29, 0.717) is 41.4 Å². The summed E-state index contributed by atoms with van der Waals surface area (Å²) in [5.41, 5.74) is 2.52. The van der Waals surface area contributed by atoms with Crippen LogP contribution in [0.4, 0.5) is 0 Å². The molecule has 7 nitrogen and oxygen atoms in total. The van der Waals surface area contributed by atoms with E-state index in [-0.39, 0.29) is 17.7 Å². The molecule has 2 heterocycles. The molecule has 0 bridgehead atoms. The van der Waals surface area contributed by atoms with Crippen molar-refractivity contribution >= 4 is 22.9 Å². The number of hydrogen-bond donors (Lipinski definition) is 2. The Morgan fingerprint density at radius 1 is 1.21 bits per heavy atom. The molecule has 0 saturated heterocycles. The summed E-state index contributed by atoms with van der Waals surface area (Å²) in [6.07, 6.45) is 4.15. The maximum atomic E-state index is 12.6. The van der Waals surface area contributed by atoms with Gasteiger partial charge in [-0.1, -0.05) is 5.16 Å². The van der Waals surface area contributed by atoms with E-state index in [4.69, 9.17) is 4.52 Å². The quantitative estimate of drug-likeness (QED) is 0.786. The molecule has 0 aliphatic heterocycles. The lowest BCUT2D eigenvalue weighted by atomic mass is 10.1. The number of rotatable bonds is 6. The first-order valence-corrected chi connectivity index (χ1v) is 8.46. The molecule has 0 atom stereocenters. The average molecular weight is 328 g/mol. The molecular formula is C17H20N4O3. The van der Waals surface area contributed by atoms with E-state index in [1.165, 1.54) is 0 Å². The van der Waals surface area contributed by atoms with Crippen LogP contribution in [0.5, 0.6) is 0 Å². The van der Waals surface area contributed by atoms with Crippen molar-refractivity contribution in [1.82, 2.24) is 20.8 Å². The van der Waals surface area contributed by atoms with Crippen LogP contribution < -0.4 is 10.6 Å². The van der Waals surface area contributed by atoms with Gasteiger partial charge in [0.25, 0.3) is 11.6 Å². The number of aromatic nitrogens is 2. The minimum Gasteiger partial charge on any atom is -0.354 e. The van der Waals surface area contributed by atoms with Gasteiger partial charge < -0.3 is 15.2 Å². The van der Waals surface area contributed by atoms with Crippen molar-refractivity contribution < 1.29 is 14.1 Å². The zero-order chi connectivity index (χ0) is 16.7. The summed E-state index contributed by atoms with van der Waals surface area (Å²) in [6, 6.07) is 1.85. The predicted molar refractivity (Wildman–Crippen MR) is 86.6 cm³/mol. The van der Waals surface area contributed by atoms with E-state index in [9.17, 15) is 9.59 Å². The van der Waals surface area contributed by atoms with Crippen LogP contribution in [0.3, 0.4) is 0 Å². The Bertz CT molecular complexity index is 806. The Morgan fingerprint density at radius 2 is 1.96 bits per heavy atom. The van der Waals surface area contributed by atoms with Gasteiger partial charge in [0.1, 0.15) is 0 Å². The number of nitrogens with zero attached hydrogens (tertiary/aromatic N) is 2. The Balaban J connectivity index is 1.46. The van der Waals surface area contributed by atoms with E-state index in [2.05, 4.69) is 20.8 Å². The number of nitrogens with one attached hydrogen (secondary N) is 2. The van der Waals surface area contributed by atoms with Gasteiger partial charge >= 0.3 is 0 Å². The molecule has 2 aromatic rings. The lowest BCUT2D eigenvalue weighted by Gasteiger charge is -2.08. The normalized spacial score (nSPS) is 17.0. The summed E-state index contributed by atoms with van der Waals surface area (Å²) in [4.78, 5) is 28.6. The van der Waals surface area contributed by atoms with Crippen LogP contribution in [-0.4, -0.2) is 35.0 Å². The molecule has 2 aromatic heterocycles. The van der Waals surface area contributed by atoms with Crippen LogP contribution >= 0.6 is 0 Å². The molecule has 2 N–H and O–H groups in total. The van der Waals surface area contributed by atoms with Crippen LogP contribution in [0.2, 0.25) is 0 Å². The number of pyridine rings is 1. The van der Waals surface area contributed by atoms with Crippen molar-refractivity contribution in [1.29, 1.82) is 0 Å². The van der Waals surface area contributed by atoms with Gasteiger partial charge in [-0.15, -0.1) is 0 Å². The second kappa shape index (κ2) is 5.89. The van der Waals surface area contributed by atoms with Crippen LogP contribution in [0, 0.1) is 12.8 Å². The highest BCUT2D eigenvalue weighted by atomic mass is 16.5. The van der Waals surface area contributed by atoms with E-state index >= 15 is 0 Å². The first-order chi connectivity index (χ1) is 11.6. The highest BCUT2D eigenvalue weighted by Gasteiger charge is 2.30. The van der Waals surface area contributed by atoms with Crippen LogP contribution in [-0.2, 0) is 4.79 Å². The first-order valence-electron chi connectivity index (χ1n) is 8.46. The summed E-state index contributed by atoms with van der Waals surface area (Å²) in [5, 5.41) is 10.3. The minimum atomic E-state index is -0.184. The minimum absolute atomic E-state index is 0.0847. The van der Waals surface area contributed by atoms with Gasteiger partial charge in [-0.25, -0.2) is 4.98 Å². The highest BCUT2D eigenvalue weighted by Crippen LogP contribution is 2.40. The summed E-state index contributed by atoms with van der Waals surface area (Å²) >= 11 is 0. The molecule has 2 amide bonds. The van der Waals surface area contributed by atoms with Gasteiger partial charge in [0.15, 0.2) is 0 Å². The molecule has 2 saturated carbocycles. The molecule has 7 heteroatoms. The molecule has 4 rings (SSSR count). The van der Waals surface area contributed by atoms with Crippen LogP contribution in [0.15, 0.2) is 10.6 Å². The number of carbonyl (C=O) groups is 2. The molecule has 0 spiro atoms. The summed E-state index contributed by atoms with van der Waals surface area (Å²) in [6.45, 7) is 2.63. The molecule has 0 radical (unpaired) electrons. The number of carbonyl (C=O) groups excluding carboxylic acids is 2. The van der Waals surface area contributed by atoms with Gasteiger partial charge in [0.05, 0.1) is 16.6 Å². The maximum absolute atomic E-state index is 12.6. The van der Waals surface area contributed by atoms with Crippen molar-refractivity contribution in [3.8, 4) is 0 Å². The molecule has 0 unspecified atom stereocenters.